The highest BCUT2D eigenvalue weighted by molar-refractivity contribution is 6.31. The Labute approximate surface area is 148 Å². The van der Waals surface area contributed by atoms with Crippen LogP contribution in [0.4, 0.5) is 5.69 Å². The van der Waals surface area contributed by atoms with Gasteiger partial charge in [-0.05, 0) is 44.7 Å². The number of halogens is 1. The third-order valence-corrected chi connectivity index (χ3v) is 4.23. The Morgan fingerprint density at radius 3 is 2.58 bits per heavy atom. The third-order valence-electron chi connectivity index (χ3n) is 3.86. The first-order valence-corrected chi connectivity index (χ1v) is 8.37. The van der Waals surface area contributed by atoms with Crippen molar-refractivity contribution in [2.75, 3.05) is 19.0 Å². The molecule has 0 saturated heterocycles. The zero-order valence-electron chi connectivity index (χ0n) is 14.3. The Bertz CT molecular complexity index is 691. The van der Waals surface area contributed by atoms with Gasteiger partial charge in [0, 0.05) is 11.6 Å². The summed E-state index contributed by atoms with van der Waals surface area (Å²) in [6.45, 7) is 4.93. The zero-order valence-corrected chi connectivity index (χ0v) is 15.0. The Balaban J connectivity index is 2.03. The molecule has 0 aliphatic carbocycles. The number of ether oxygens (including phenoxy) is 1. The molecule has 0 fully saturated rings. The standard InChI is InChI=1S/C19H23ClN2O2/c1-4-24-18-12-8-7-11-17(18)21-19(23)14(2)22(3)13-15-9-5-6-10-16(15)20/h5-12,14H,4,13H2,1-3H3,(H,21,23). The molecule has 2 rings (SSSR count). The number of anilines is 1. The average Bonchev–Trinajstić information content (AvgIpc) is 2.58. The number of benzene rings is 2. The second-order valence-electron chi connectivity index (χ2n) is 5.60. The Morgan fingerprint density at radius 1 is 1.21 bits per heavy atom. The van der Waals surface area contributed by atoms with E-state index in [0.29, 0.717) is 29.6 Å². The largest absolute Gasteiger partial charge is 0.492 e. The third kappa shape index (κ3) is 4.73. The van der Waals surface area contributed by atoms with Gasteiger partial charge in [-0.2, -0.15) is 0 Å². The summed E-state index contributed by atoms with van der Waals surface area (Å²) in [5.74, 6) is 0.589. The molecule has 0 radical (unpaired) electrons. The number of likely N-dealkylation sites (N-methyl/N-ethyl adjacent to an activating group) is 1. The fraction of sp³-hybridized carbons (Fsp3) is 0.316. The number of nitrogens with zero attached hydrogens (tertiary/aromatic N) is 1. The van der Waals surface area contributed by atoms with Gasteiger partial charge in [0.2, 0.25) is 5.91 Å². The predicted octanol–water partition coefficient (Wildman–Crippen LogP) is 4.20. The summed E-state index contributed by atoms with van der Waals surface area (Å²) in [6.07, 6.45) is 0. The van der Waals surface area contributed by atoms with Gasteiger partial charge in [0.15, 0.2) is 0 Å². The second-order valence-corrected chi connectivity index (χ2v) is 6.01. The summed E-state index contributed by atoms with van der Waals surface area (Å²) in [6, 6.07) is 14.8. The first-order chi connectivity index (χ1) is 11.5. The van der Waals surface area contributed by atoms with E-state index in [1.807, 2.05) is 74.3 Å². The van der Waals surface area contributed by atoms with Crippen LogP contribution in [-0.4, -0.2) is 30.5 Å². The van der Waals surface area contributed by atoms with E-state index in [9.17, 15) is 4.79 Å². The highest BCUT2D eigenvalue weighted by atomic mass is 35.5. The molecule has 1 atom stereocenters. The van der Waals surface area contributed by atoms with E-state index in [2.05, 4.69) is 5.32 Å². The molecule has 2 aromatic carbocycles. The number of nitrogens with one attached hydrogen (secondary N) is 1. The maximum atomic E-state index is 12.5. The van der Waals surface area contributed by atoms with Crippen LogP contribution in [0.25, 0.3) is 0 Å². The number of carbonyl (C=O) groups excluding carboxylic acids is 1. The van der Waals surface area contributed by atoms with Crippen LogP contribution in [0.15, 0.2) is 48.5 Å². The Morgan fingerprint density at radius 2 is 1.88 bits per heavy atom. The van der Waals surface area contributed by atoms with E-state index in [1.54, 1.807) is 0 Å². The molecule has 0 aromatic heterocycles. The molecule has 0 aliphatic rings. The van der Waals surface area contributed by atoms with Crippen molar-refractivity contribution in [3.05, 3.63) is 59.1 Å². The van der Waals surface area contributed by atoms with Crippen molar-refractivity contribution in [3.63, 3.8) is 0 Å². The lowest BCUT2D eigenvalue weighted by atomic mass is 10.2. The molecule has 1 N–H and O–H groups in total. The van der Waals surface area contributed by atoms with Crippen LogP contribution in [0.2, 0.25) is 5.02 Å². The molecular weight excluding hydrogens is 324 g/mol. The smallest absolute Gasteiger partial charge is 0.241 e. The minimum atomic E-state index is -0.309. The van der Waals surface area contributed by atoms with Gasteiger partial charge in [0.25, 0.3) is 0 Å². The van der Waals surface area contributed by atoms with Crippen LogP contribution < -0.4 is 10.1 Å². The number of hydrogen-bond donors (Lipinski definition) is 1. The highest BCUT2D eigenvalue weighted by Crippen LogP contribution is 2.24. The number of hydrogen-bond acceptors (Lipinski definition) is 3. The van der Waals surface area contributed by atoms with Gasteiger partial charge in [-0.15, -0.1) is 0 Å². The van der Waals surface area contributed by atoms with Crippen LogP contribution >= 0.6 is 11.6 Å². The van der Waals surface area contributed by atoms with Crippen molar-refractivity contribution >= 4 is 23.2 Å². The number of amides is 1. The molecule has 0 heterocycles. The summed E-state index contributed by atoms with van der Waals surface area (Å²) >= 11 is 6.19. The summed E-state index contributed by atoms with van der Waals surface area (Å²) in [7, 11) is 1.90. The minimum Gasteiger partial charge on any atom is -0.492 e. The van der Waals surface area contributed by atoms with Crippen molar-refractivity contribution in [1.82, 2.24) is 4.90 Å². The average molecular weight is 347 g/mol. The van der Waals surface area contributed by atoms with Crippen LogP contribution in [-0.2, 0) is 11.3 Å². The molecule has 2 aromatic rings. The van der Waals surface area contributed by atoms with E-state index < -0.39 is 0 Å². The fourth-order valence-corrected chi connectivity index (χ4v) is 2.52. The van der Waals surface area contributed by atoms with Gasteiger partial charge >= 0.3 is 0 Å². The van der Waals surface area contributed by atoms with E-state index in [4.69, 9.17) is 16.3 Å². The second kappa shape index (κ2) is 8.71. The van der Waals surface area contributed by atoms with Gasteiger partial charge in [0.05, 0.1) is 18.3 Å². The molecule has 0 bridgehead atoms. The van der Waals surface area contributed by atoms with E-state index in [-0.39, 0.29) is 11.9 Å². The SMILES string of the molecule is CCOc1ccccc1NC(=O)C(C)N(C)Cc1ccccc1Cl. The van der Waals surface area contributed by atoms with Gasteiger partial charge in [0.1, 0.15) is 5.75 Å². The summed E-state index contributed by atoms with van der Waals surface area (Å²) < 4.78 is 5.54. The van der Waals surface area contributed by atoms with E-state index >= 15 is 0 Å². The van der Waals surface area contributed by atoms with Crippen LogP contribution in [0, 0.1) is 0 Å². The normalized spacial score (nSPS) is 12.0. The Kier molecular flexibility index (Phi) is 6.64. The van der Waals surface area contributed by atoms with Crippen LogP contribution in [0.5, 0.6) is 5.75 Å². The monoisotopic (exact) mass is 346 g/mol. The number of para-hydroxylation sites is 2. The quantitative estimate of drug-likeness (QED) is 0.817. The van der Waals surface area contributed by atoms with Crippen LogP contribution in [0.3, 0.4) is 0 Å². The van der Waals surface area contributed by atoms with Crippen molar-refractivity contribution < 1.29 is 9.53 Å². The van der Waals surface area contributed by atoms with E-state index in [0.717, 1.165) is 5.56 Å². The van der Waals surface area contributed by atoms with E-state index in [1.165, 1.54) is 0 Å². The Hall–Kier alpha value is -2.04. The lowest BCUT2D eigenvalue weighted by Crippen LogP contribution is -2.39. The summed E-state index contributed by atoms with van der Waals surface area (Å²) in [4.78, 5) is 14.5. The van der Waals surface area contributed by atoms with Crippen molar-refractivity contribution in [2.45, 2.75) is 26.4 Å². The van der Waals surface area contributed by atoms with Crippen LogP contribution in [0.1, 0.15) is 19.4 Å². The molecule has 24 heavy (non-hydrogen) atoms. The minimum absolute atomic E-state index is 0.0864. The first-order valence-electron chi connectivity index (χ1n) is 7.99. The number of rotatable bonds is 7. The fourth-order valence-electron chi connectivity index (χ4n) is 2.32. The van der Waals surface area contributed by atoms with Crippen molar-refractivity contribution in [2.24, 2.45) is 0 Å². The molecule has 0 saturated carbocycles. The first kappa shape index (κ1) is 18.3. The molecule has 128 valence electrons. The van der Waals surface area contributed by atoms with Crippen molar-refractivity contribution in [1.29, 1.82) is 0 Å². The molecule has 0 aliphatic heterocycles. The maximum absolute atomic E-state index is 12.5. The van der Waals surface area contributed by atoms with Gasteiger partial charge in [-0.25, -0.2) is 0 Å². The van der Waals surface area contributed by atoms with Crippen molar-refractivity contribution in [3.8, 4) is 5.75 Å². The molecular formula is C19H23ClN2O2. The number of carbonyl (C=O) groups is 1. The summed E-state index contributed by atoms with van der Waals surface area (Å²) in [5, 5.41) is 3.64. The van der Waals surface area contributed by atoms with Gasteiger partial charge in [-0.1, -0.05) is 41.9 Å². The highest BCUT2D eigenvalue weighted by Gasteiger charge is 2.20. The zero-order chi connectivity index (χ0) is 17.5. The van der Waals surface area contributed by atoms with Gasteiger partial charge in [-0.3, -0.25) is 9.69 Å². The molecule has 4 nitrogen and oxygen atoms in total. The topological polar surface area (TPSA) is 41.6 Å². The molecule has 0 spiro atoms. The summed E-state index contributed by atoms with van der Waals surface area (Å²) in [5.41, 5.74) is 1.68. The molecule has 5 heteroatoms. The predicted molar refractivity (Wildman–Crippen MR) is 98.6 cm³/mol. The van der Waals surface area contributed by atoms with Gasteiger partial charge < -0.3 is 10.1 Å². The molecule has 1 amide bonds. The molecule has 1 unspecified atom stereocenters. The lowest BCUT2D eigenvalue weighted by molar-refractivity contribution is -0.120. The maximum Gasteiger partial charge on any atom is 0.241 e. The lowest BCUT2D eigenvalue weighted by Gasteiger charge is -2.24.